The molecule has 1 fully saturated rings. The number of allylic oxidation sites excluding steroid dienone is 5. The Morgan fingerprint density at radius 1 is 1.12 bits per heavy atom. The van der Waals surface area contributed by atoms with E-state index in [1.807, 2.05) is 36.4 Å². The Balaban J connectivity index is 1.28. The van der Waals surface area contributed by atoms with Crippen molar-refractivity contribution in [3.63, 3.8) is 0 Å². The van der Waals surface area contributed by atoms with Crippen LogP contribution in [0.25, 0.3) is 0 Å². The molecular formula is C35H42FN3O3. The summed E-state index contributed by atoms with van der Waals surface area (Å²) in [5, 5.41) is 23.8. The van der Waals surface area contributed by atoms with Crippen LogP contribution in [0, 0.1) is 17.1 Å². The number of hydrogen-bond acceptors (Lipinski definition) is 5. The second-order valence-electron chi connectivity index (χ2n) is 11.4. The summed E-state index contributed by atoms with van der Waals surface area (Å²) in [6.45, 7) is 6.20. The molecule has 3 atom stereocenters. The van der Waals surface area contributed by atoms with Gasteiger partial charge < -0.3 is 20.1 Å². The first-order valence-corrected chi connectivity index (χ1v) is 15.0. The summed E-state index contributed by atoms with van der Waals surface area (Å²) in [6, 6.07) is 16.3. The molecule has 1 saturated heterocycles. The maximum absolute atomic E-state index is 14.1. The minimum Gasteiger partial charge on any atom is -0.487 e. The van der Waals surface area contributed by atoms with E-state index in [4.69, 9.17) is 10.00 Å². The fourth-order valence-electron chi connectivity index (χ4n) is 5.44. The maximum atomic E-state index is 14.1. The molecule has 2 aliphatic rings. The normalized spacial score (nSPS) is 18.8. The van der Waals surface area contributed by atoms with Gasteiger partial charge in [-0.25, -0.2) is 4.39 Å². The van der Waals surface area contributed by atoms with E-state index in [-0.39, 0.29) is 29.7 Å². The van der Waals surface area contributed by atoms with Crippen molar-refractivity contribution in [2.45, 2.75) is 70.0 Å². The molecule has 1 aliphatic heterocycles. The number of carbonyl (C=O) groups excluding carboxylic acids is 1. The summed E-state index contributed by atoms with van der Waals surface area (Å²) >= 11 is 0. The van der Waals surface area contributed by atoms with Crippen molar-refractivity contribution in [1.82, 2.24) is 10.2 Å². The predicted octanol–water partition coefficient (Wildman–Crippen LogP) is 6.11. The van der Waals surface area contributed by atoms with Gasteiger partial charge in [0.05, 0.1) is 30.8 Å². The molecule has 0 saturated carbocycles. The Morgan fingerprint density at radius 2 is 1.88 bits per heavy atom. The summed E-state index contributed by atoms with van der Waals surface area (Å²) in [5.74, 6) is 0.610. The topological polar surface area (TPSA) is 85.6 Å². The van der Waals surface area contributed by atoms with Gasteiger partial charge in [-0.3, -0.25) is 4.79 Å². The minimum absolute atomic E-state index is 0.0484. The standard InChI is InChI=1S/C35H42FN3O3/c1-25(29-16-13-28(20-37)14-17-29)21-38-22-34(30-9-6-10-31(36)19-30)35(41)12-5-8-27-7-3-4-11-32(18-15-27)42-33-23-39(24-33)26(2)40/h6-7,9-11,13-19,25,33-35,38,41H,3-5,8,12,21-24H2,1-2H3/b18-15?,27-7+,32-11?/t25?,34-,35?/m0/s1. The molecule has 2 N–H and O–H groups in total. The molecule has 0 bridgehead atoms. The first-order chi connectivity index (χ1) is 20.3. The molecule has 7 heteroatoms. The molecule has 1 aliphatic carbocycles. The van der Waals surface area contributed by atoms with E-state index in [1.54, 1.807) is 17.9 Å². The zero-order valence-electron chi connectivity index (χ0n) is 24.6. The van der Waals surface area contributed by atoms with E-state index in [2.05, 4.69) is 36.5 Å². The van der Waals surface area contributed by atoms with E-state index >= 15 is 0 Å². The van der Waals surface area contributed by atoms with Crippen LogP contribution in [-0.4, -0.2) is 54.3 Å². The van der Waals surface area contributed by atoms with Crippen molar-refractivity contribution in [3.8, 4) is 6.07 Å². The van der Waals surface area contributed by atoms with Gasteiger partial charge in [-0.15, -0.1) is 0 Å². The lowest BCUT2D eigenvalue weighted by Gasteiger charge is -2.38. The van der Waals surface area contributed by atoms with Crippen LogP contribution in [0.15, 0.2) is 84.2 Å². The van der Waals surface area contributed by atoms with Crippen LogP contribution in [-0.2, 0) is 9.53 Å². The van der Waals surface area contributed by atoms with Crippen LogP contribution in [0.3, 0.4) is 0 Å². The fourth-order valence-corrected chi connectivity index (χ4v) is 5.44. The number of ether oxygens (including phenoxy) is 1. The molecule has 0 radical (unpaired) electrons. The zero-order chi connectivity index (χ0) is 29.9. The molecular weight excluding hydrogens is 529 g/mol. The molecule has 6 nitrogen and oxygen atoms in total. The Bertz CT molecular complexity index is 1320. The van der Waals surface area contributed by atoms with Crippen molar-refractivity contribution in [3.05, 3.63) is 107 Å². The van der Waals surface area contributed by atoms with Gasteiger partial charge in [0.2, 0.25) is 5.91 Å². The number of nitrogens with one attached hydrogen (secondary N) is 1. The van der Waals surface area contributed by atoms with E-state index in [0.29, 0.717) is 38.2 Å². The van der Waals surface area contributed by atoms with Gasteiger partial charge in [-0.1, -0.05) is 48.9 Å². The first-order valence-electron chi connectivity index (χ1n) is 15.0. The average Bonchev–Trinajstić information content (AvgIpc) is 2.94. The van der Waals surface area contributed by atoms with Gasteiger partial charge in [-0.2, -0.15) is 5.26 Å². The molecule has 4 rings (SSSR count). The molecule has 0 aromatic heterocycles. The summed E-state index contributed by atoms with van der Waals surface area (Å²) in [5.41, 5.74) is 3.78. The van der Waals surface area contributed by atoms with Crippen molar-refractivity contribution >= 4 is 5.91 Å². The smallest absolute Gasteiger partial charge is 0.219 e. The summed E-state index contributed by atoms with van der Waals surface area (Å²) in [4.78, 5) is 13.2. The highest BCUT2D eigenvalue weighted by molar-refractivity contribution is 5.74. The predicted molar refractivity (Wildman–Crippen MR) is 163 cm³/mol. The van der Waals surface area contributed by atoms with Crippen LogP contribution in [0.1, 0.15) is 74.5 Å². The van der Waals surface area contributed by atoms with Gasteiger partial charge >= 0.3 is 0 Å². The number of amides is 1. The van der Waals surface area contributed by atoms with E-state index in [0.717, 1.165) is 42.6 Å². The number of halogens is 1. The van der Waals surface area contributed by atoms with Gasteiger partial charge in [0.15, 0.2) is 0 Å². The molecule has 0 spiro atoms. The highest BCUT2D eigenvalue weighted by atomic mass is 19.1. The monoisotopic (exact) mass is 571 g/mol. The van der Waals surface area contributed by atoms with Gasteiger partial charge in [-0.05, 0) is 85.6 Å². The lowest BCUT2D eigenvalue weighted by molar-refractivity contribution is -0.139. The Morgan fingerprint density at radius 3 is 2.60 bits per heavy atom. The minimum atomic E-state index is -0.621. The van der Waals surface area contributed by atoms with Gasteiger partial charge in [0.1, 0.15) is 17.7 Å². The molecule has 2 aromatic carbocycles. The maximum Gasteiger partial charge on any atom is 0.219 e. The van der Waals surface area contributed by atoms with E-state index < -0.39 is 6.10 Å². The Hall–Kier alpha value is -3.73. The van der Waals surface area contributed by atoms with Crippen molar-refractivity contribution in [2.24, 2.45) is 0 Å². The zero-order valence-corrected chi connectivity index (χ0v) is 24.6. The fraction of sp³-hybridized carbons (Fsp3) is 0.429. The highest BCUT2D eigenvalue weighted by Gasteiger charge is 2.30. The highest BCUT2D eigenvalue weighted by Crippen LogP contribution is 2.26. The third-order valence-electron chi connectivity index (χ3n) is 8.11. The number of hydrogen-bond donors (Lipinski definition) is 2. The number of benzene rings is 2. The second-order valence-corrected chi connectivity index (χ2v) is 11.4. The number of carbonyl (C=O) groups is 1. The largest absolute Gasteiger partial charge is 0.487 e. The lowest BCUT2D eigenvalue weighted by atomic mass is 9.89. The third-order valence-corrected chi connectivity index (χ3v) is 8.11. The molecule has 1 heterocycles. The summed E-state index contributed by atoms with van der Waals surface area (Å²) < 4.78 is 20.2. The van der Waals surface area contributed by atoms with E-state index in [1.165, 1.54) is 17.7 Å². The van der Waals surface area contributed by atoms with E-state index in [9.17, 15) is 14.3 Å². The average molecular weight is 572 g/mol. The number of nitriles is 1. The van der Waals surface area contributed by atoms with Crippen LogP contribution >= 0.6 is 0 Å². The Kier molecular flexibility index (Phi) is 11.5. The SMILES string of the molecule is CC(=O)N1CC(OC2=CCC/C=C(\CCCC(O)[C@@H](CNCC(C)c3ccc(C#N)cc3)c3cccc(F)c3)C=C2)C1. The quantitative estimate of drug-likeness (QED) is 0.303. The Labute approximate surface area is 249 Å². The molecule has 2 unspecified atom stereocenters. The first kappa shape index (κ1) is 31.2. The molecule has 1 amide bonds. The number of rotatable bonds is 13. The third kappa shape index (κ3) is 9.14. The molecule has 42 heavy (non-hydrogen) atoms. The molecule has 222 valence electrons. The van der Waals surface area contributed by atoms with Gasteiger partial charge in [0.25, 0.3) is 0 Å². The number of aliphatic hydroxyl groups is 1. The number of nitrogens with zero attached hydrogens (tertiary/aromatic N) is 2. The van der Waals surface area contributed by atoms with Gasteiger partial charge in [0, 0.05) is 25.9 Å². The lowest BCUT2D eigenvalue weighted by Crippen LogP contribution is -2.53. The van der Waals surface area contributed by atoms with Crippen LogP contribution < -0.4 is 5.32 Å². The summed E-state index contributed by atoms with van der Waals surface area (Å²) in [7, 11) is 0. The van der Waals surface area contributed by atoms with Crippen LogP contribution in [0.4, 0.5) is 4.39 Å². The van der Waals surface area contributed by atoms with Crippen molar-refractivity contribution < 1.29 is 19.0 Å². The number of aliphatic hydroxyl groups excluding tert-OH is 1. The van der Waals surface area contributed by atoms with Crippen LogP contribution in [0.5, 0.6) is 0 Å². The van der Waals surface area contributed by atoms with Crippen molar-refractivity contribution in [1.29, 1.82) is 5.26 Å². The number of likely N-dealkylation sites (tertiary alicyclic amines) is 1. The van der Waals surface area contributed by atoms with Crippen molar-refractivity contribution in [2.75, 3.05) is 26.2 Å². The summed E-state index contributed by atoms with van der Waals surface area (Å²) in [6.07, 6.45) is 11.9. The molecule has 2 aromatic rings. The second kappa shape index (κ2) is 15.5. The van der Waals surface area contributed by atoms with Crippen LogP contribution in [0.2, 0.25) is 0 Å².